The van der Waals surface area contributed by atoms with Crippen molar-refractivity contribution in [3.63, 3.8) is 0 Å². The average Bonchev–Trinajstić information content (AvgIpc) is 3.36. The van der Waals surface area contributed by atoms with Crippen molar-refractivity contribution in [3.05, 3.63) is 58.7 Å². The number of nitrogens with one attached hydrogen (secondary N) is 1. The van der Waals surface area contributed by atoms with E-state index >= 15 is 4.39 Å². The third-order valence-corrected chi connectivity index (χ3v) is 7.98. The summed E-state index contributed by atoms with van der Waals surface area (Å²) in [6.07, 6.45) is 3.07. The first kappa shape index (κ1) is 24.9. The number of carbonyl (C=O) groups is 1. The van der Waals surface area contributed by atoms with Gasteiger partial charge in [-0.25, -0.2) is 27.3 Å². The first-order valence-electron chi connectivity index (χ1n) is 10.5. The smallest absolute Gasteiger partial charge is 0.420 e. The highest BCUT2D eigenvalue weighted by atomic mass is 32.2. The largest absolute Gasteiger partial charge is 0.452 e. The molecule has 33 heavy (non-hydrogen) atoms. The lowest BCUT2D eigenvalue weighted by molar-refractivity contribution is 0.177. The summed E-state index contributed by atoms with van der Waals surface area (Å²) in [5.74, 6) is 0.904. The molecule has 0 spiro atoms. The van der Waals surface area contributed by atoms with Crippen molar-refractivity contribution in [2.24, 2.45) is 5.92 Å². The van der Waals surface area contributed by atoms with E-state index in [4.69, 9.17) is 0 Å². The maximum absolute atomic E-state index is 15.1. The van der Waals surface area contributed by atoms with Gasteiger partial charge in [0.1, 0.15) is 15.9 Å². The molecule has 1 N–H and O–H groups in total. The molecule has 2 aromatic heterocycles. The van der Waals surface area contributed by atoms with Gasteiger partial charge in [0.2, 0.25) is 0 Å². The summed E-state index contributed by atoms with van der Waals surface area (Å²) in [4.78, 5) is 16.7. The summed E-state index contributed by atoms with van der Waals surface area (Å²) in [6, 6.07) is 6.43. The number of sulfonamides is 1. The van der Waals surface area contributed by atoms with Gasteiger partial charge in [-0.05, 0) is 30.0 Å². The van der Waals surface area contributed by atoms with E-state index in [2.05, 4.69) is 9.72 Å². The van der Waals surface area contributed by atoms with Crippen molar-refractivity contribution >= 4 is 27.5 Å². The molecular weight excluding hydrogens is 465 g/mol. The number of ether oxygens (including phenoxy) is 1. The monoisotopic (exact) mass is 493 g/mol. The number of rotatable bonds is 8. The second-order valence-electron chi connectivity index (χ2n) is 8.48. The maximum Gasteiger partial charge on any atom is 0.420 e. The number of thiophene rings is 1. The zero-order valence-electron chi connectivity index (χ0n) is 19.3. The van der Waals surface area contributed by atoms with E-state index in [1.807, 2.05) is 43.2 Å². The zero-order valence-corrected chi connectivity index (χ0v) is 20.9. The van der Waals surface area contributed by atoms with Crippen LogP contribution in [0.1, 0.15) is 49.9 Å². The van der Waals surface area contributed by atoms with E-state index in [0.717, 1.165) is 29.1 Å². The number of hydrogen-bond donors (Lipinski definition) is 1. The molecule has 7 nitrogen and oxygen atoms in total. The SMILES string of the molecule is COC(=O)NS(=O)(=O)c1sc(CC(C)C)cc1-c1ccc(Cn2ccnc2C(C)C)c(F)c1. The molecule has 0 radical (unpaired) electrons. The fraction of sp³-hybridized carbons (Fsp3) is 0.391. The summed E-state index contributed by atoms with van der Waals surface area (Å²) in [7, 11) is -3.10. The predicted molar refractivity (Wildman–Crippen MR) is 126 cm³/mol. The summed E-state index contributed by atoms with van der Waals surface area (Å²) in [5.41, 5.74) is 1.24. The Kier molecular flexibility index (Phi) is 7.58. The number of amides is 1. The molecule has 0 aliphatic heterocycles. The van der Waals surface area contributed by atoms with Gasteiger partial charge in [-0.1, -0.05) is 39.8 Å². The van der Waals surface area contributed by atoms with Crippen LogP contribution >= 0.6 is 11.3 Å². The van der Waals surface area contributed by atoms with Crippen molar-refractivity contribution in [3.8, 4) is 11.1 Å². The number of halogens is 1. The molecule has 1 amide bonds. The normalized spacial score (nSPS) is 11.9. The minimum atomic E-state index is -4.19. The van der Waals surface area contributed by atoms with Crippen molar-refractivity contribution in [2.45, 2.75) is 50.8 Å². The molecule has 0 fully saturated rings. The second-order valence-corrected chi connectivity index (χ2v) is 11.5. The van der Waals surface area contributed by atoms with E-state index in [1.54, 1.807) is 24.4 Å². The van der Waals surface area contributed by atoms with Gasteiger partial charge in [0.25, 0.3) is 10.0 Å². The minimum Gasteiger partial charge on any atom is -0.452 e. The number of hydrogen-bond acceptors (Lipinski definition) is 6. The van der Waals surface area contributed by atoms with Gasteiger partial charge in [0, 0.05) is 34.3 Å². The van der Waals surface area contributed by atoms with Crippen molar-refractivity contribution in [1.29, 1.82) is 0 Å². The highest BCUT2D eigenvalue weighted by Gasteiger charge is 2.26. The van der Waals surface area contributed by atoms with Crippen LogP contribution in [0.4, 0.5) is 9.18 Å². The molecule has 0 atom stereocenters. The number of methoxy groups -OCH3 is 1. The topological polar surface area (TPSA) is 90.3 Å². The first-order valence-corrected chi connectivity index (χ1v) is 12.8. The molecule has 3 aromatic rings. The third kappa shape index (κ3) is 5.80. The fourth-order valence-electron chi connectivity index (χ4n) is 3.51. The Morgan fingerprint density at radius 3 is 2.58 bits per heavy atom. The molecule has 0 saturated carbocycles. The van der Waals surface area contributed by atoms with Gasteiger partial charge in [0.15, 0.2) is 0 Å². The summed E-state index contributed by atoms with van der Waals surface area (Å²) >= 11 is 1.07. The van der Waals surface area contributed by atoms with Gasteiger partial charge >= 0.3 is 6.09 Å². The van der Waals surface area contributed by atoms with Crippen LogP contribution < -0.4 is 4.72 Å². The van der Waals surface area contributed by atoms with E-state index in [1.165, 1.54) is 6.07 Å². The lowest BCUT2D eigenvalue weighted by Crippen LogP contribution is -2.30. The van der Waals surface area contributed by atoms with Crippen LogP contribution in [-0.2, 0) is 27.7 Å². The Morgan fingerprint density at radius 1 is 1.24 bits per heavy atom. The van der Waals surface area contributed by atoms with Gasteiger partial charge in [-0.2, -0.15) is 0 Å². The van der Waals surface area contributed by atoms with Crippen LogP contribution in [0, 0.1) is 11.7 Å². The van der Waals surface area contributed by atoms with Crippen LogP contribution in [0.3, 0.4) is 0 Å². The molecule has 1 aromatic carbocycles. The van der Waals surface area contributed by atoms with Gasteiger partial charge in [-0.3, -0.25) is 0 Å². The Hall–Kier alpha value is -2.72. The summed E-state index contributed by atoms with van der Waals surface area (Å²) in [5, 5.41) is 0. The Balaban J connectivity index is 2.01. The molecule has 178 valence electrons. The zero-order chi connectivity index (χ0) is 24.3. The summed E-state index contributed by atoms with van der Waals surface area (Å²) in [6.45, 7) is 8.41. The number of carbonyl (C=O) groups excluding carboxylic acids is 1. The molecule has 10 heteroatoms. The van der Waals surface area contributed by atoms with Crippen LogP contribution in [0.15, 0.2) is 40.9 Å². The van der Waals surface area contributed by atoms with Gasteiger partial charge in [0.05, 0.1) is 13.7 Å². The number of imidazole rings is 1. The maximum atomic E-state index is 15.1. The van der Waals surface area contributed by atoms with Crippen molar-refractivity contribution < 1.29 is 22.3 Å². The van der Waals surface area contributed by atoms with Crippen LogP contribution in [0.25, 0.3) is 11.1 Å². The third-order valence-electron chi connectivity index (χ3n) is 4.97. The highest BCUT2D eigenvalue weighted by Crippen LogP contribution is 2.37. The average molecular weight is 494 g/mol. The minimum absolute atomic E-state index is 0.0487. The lowest BCUT2D eigenvalue weighted by atomic mass is 10.0. The molecular formula is C23H28FN3O4S2. The molecule has 0 saturated heterocycles. The molecule has 0 bridgehead atoms. The van der Waals surface area contributed by atoms with E-state index in [-0.39, 0.29) is 10.1 Å². The van der Waals surface area contributed by atoms with E-state index in [0.29, 0.717) is 35.6 Å². The highest BCUT2D eigenvalue weighted by molar-refractivity contribution is 7.92. The lowest BCUT2D eigenvalue weighted by Gasteiger charge is -2.12. The molecule has 0 aliphatic carbocycles. The molecule has 3 rings (SSSR count). The Labute approximate surface area is 197 Å². The number of nitrogens with zero attached hydrogens (tertiary/aromatic N) is 2. The molecule has 0 aliphatic rings. The standard InChI is InChI=1S/C23H28FN3O4S2/c1-14(2)10-18-12-19(22(32-18)33(29,30)26-23(28)31-5)16-6-7-17(20(24)11-16)13-27-9-8-25-21(27)15(3)4/h6-9,11-12,14-15H,10,13H2,1-5H3,(H,26,28). The van der Waals surface area contributed by atoms with Crippen molar-refractivity contribution in [2.75, 3.05) is 7.11 Å². The predicted octanol–water partition coefficient (Wildman–Crippen LogP) is 5.17. The molecule has 0 unspecified atom stereocenters. The molecule has 2 heterocycles. The van der Waals surface area contributed by atoms with Crippen LogP contribution in [0.5, 0.6) is 0 Å². The first-order chi connectivity index (χ1) is 15.5. The fourth-order valence-corrected chi connectivity index (χ4v) is 6.37. The quantitative estimate of drug-likeness (QED) is 0.468. The van der Waals surface area contributed by atoms with E-state index in [9.17, 15) is 13.2 Å². The van der Waals surface area contributed by atoms with E-state index < -0.39 is 21.9 Å². The summed E-state index contributed by atoms with van der Waals surface area (Å²) < 4.78 is 49.0. The van der Waals surface area contributed by atoms with Gasteiger partial charge < -0.3 is 9.30 Å². The Morgan fingerprint density at radius 2 is 1.97 bits per heavy atom. The van der Waals surface area contributed by atoms with Crippen LogP contribution in [-0.4, -0.2) is 31.2 Å². The van der Waals surface area contributed by atoms with Crippen molar-refractivity contribution in [1.82, 2.24) is 14.3 Å². The Bertz CT molecular complexity index is 1250. The number of benzene rings is 1. The van der Waals surface area contributed by atoms with Gasteiger partial charge in [-0.15, -0.1) is 11.3 Å². The number of aromatic nitrogens is 2. The second kappa shape index (κ2) is 10.0. The van der Waals surface area contributed by atoms with Crippen LogP contribution in [0.2, 0.25) is 0 Å².